The molecule has 1 amide bonds. The largest absolute Gasteiger partial charge is 0.383 e. The number of rotatable bonds is 11. The molecule has 0 aliphatic carbocycles. The van der Waals surface area contributed by atoms with Gasteiger partial charge in [-0.15, -0.1) is 0 Å². The fourth-order valence-electron chi connectivity index (χ4n) is 1.83. The van der Waals surface area contributed by atoms with Crippen molar-refractivity contribution in [3.8, 4) is 0 Å². The second kappa shape index (κ2) is 13.7. The summed E-state index contributed by atoms with van der Waals surface area (Å²) < 4.78 is 4.88. The zero-order chi connectivity index (χ0) is 15.9. The summed E-state index contributed by atoms with van der Waals surface area (Å²) in [5, 5.41) is 9.24. The van der Waals surface area contributed by atoms with E-state index in [2.05, 4.69) is 34.8 Å². The number of ether oxygens (including phenoxy) is 1. The Bertz CT molecular complexity index is 295. The quantitative estimate of drug-likeness (QED) is 0.305. The first-order chi connectivity index (χ1) is 10.1. The Morgan fingerprint density at radius 3 is 2.62 bits per heavy atom. The minimum atomic E-state index is -0.0945. The van der Waals surface area contributed by atoms with Gasteiger partial charge in [0, 0.05) is 26.2 Å². The van der Waals surface area contributed by atoms with Gasteiger partial charge in [-0.05, 0) is 20.3 Å². The zero-order valence-electron chi connectivity index (χ0n) is 14.0. The van der Waals surface area contributed by atoms with Gasteiger partial charge in [0.15, 0.2) is 5.96 Å². The Balaban J connectivity index is 4.13. The van der Waals surface area contributed by atoms with Crippen molar-refractivity contribution in [2.24, 2.45) is 4.99 Å². The molecular weight excluding hydrogens is 268 g/mol. The Morgan fingerprint density at radius 2 is 2.00 bits per heavy atom. The third-order valence-electron chi connectivity index (χ3n) is 2.98. The predicted octanol–water partition coefficient (Wildman–Crippen LogP) is 1.27. The number of hydrogen-bond acceptors (Lipinski definition) is 3. The van der Waals surface area contributed by atoms with Crippen LogP contribution in [0.3, 0.4) is 0 Å². The average molecular weight is 300 g/mol. The molecular formula is C15H32N4O2. The van der Waals surface area contributed by atoms with Crippen LogP contribution in [0.4, 0.5) is 0 Å². The van der Waals surface area contributed by atoms with Gasteiger partial charge in [0.1, 0.15) is 6.54 Å². The van der Waals surface area contributed by atoms with Gasteiger partial charge in [-0.2, -0.15) is 0 Å². The van der Waals surface area contributed by atoms with E-state index in [1.807, 2.05) is 6.92 Å². The van der Waals surface area contributed by atoms with Gasteiger partial charge in [0.05, 0.1) is 6.61 Å². The molecule has 0 saturated heterocycles. The van der Waals surface area contributed by atoms with E-state index in [9.17, 15) is 4.79 Å². The van der Waals surface area contributed by atoms with E-state index in [-0.39, 0.29) is 12.5 Å². The fourth-order valence-corrected chi connectivity index (χ4v) is 1.83. The minimum absolute atomic E-state index is 0.0945. The molecule has 6 heteroatoms. The maximum Gasteiger partial charge on any atom is 0.241 e. The van der Waals surface area contributed by atoms with Gasteiger partial charge in [-0.3, -0.25) is 4.79 Å². The summed E-state index contributed by atoms with van der Waals surface area (Å²) in [6, 6.07) is 0.353. The van der Waals surface area contributed by atoms with Crippen LogP contribution < -0.4 is 16.0 Å². The smallest absolute Gasteiger partial charge is 0.241 e. The Morgan fingerprint density at radius 1 is 1.24 bits per heavy atom. The lowest BCUT2D eigenvalue weighted by atomic mass is 10.1. The van der Waals surface area contributed by atoms with Crippen LogP contribution in [0.1, 0.15) is 46.5 Å². The van der Waals surface area contributed by atoms with E-state index < -0.39 is 0 Å². The van der Waals surface area contributed by atoms with E-state index in [0.717, 1.165) is 13.0 Å². The molecule has 21 heavy (non-hydrogen) atoms. The molecule has 124 valence electrons. The molecule has 0 bridgehead atoms. The summed E-state index contributed by atoms with van der Waals surface area (Å²) >= 11 is 0. The first-order valence-corrected chi connectivity index (χ1v) is 7.94. The fraction of sp³-hybridized carbons (Fsp3) is 0.867. The lowest BCUT2D eigenvalue weighted by molar-refractivity contribution is -0.119. The predicted molar refractivity (Wildman–Crippen MR) is 87.6 cm³/mol. The first-order valence-electron chi connectivity index (χ1n) is 7.94. The number of nitrogens with zero attached hydrogens (tertiary/aromatic N) is 1. The highest BCUT2D eigenvalue weighted by Crippen LogP contribution is 2.02. The summed E-state index contributed by atoms with van der Waals surface area (Å²) in [6.45, 7) is 8.29. The molecule has 0 aromatic heterocycles. The van der Waals surface area contributed by atoms with Crippen LogP contribution in [0, 0.1) is 0 Å². The number of amides is 1. The number of unbranched alkanes of at least 4 members (excludes halogenated alkanes) is 2. The number of carbonyl (C=O) groups excluding carboxylic acids is 1. The van der Waals surface area contributed by atoms with Crippen molar-refractivity contribution in [1.29, 1.82) is 0 Å². The number of guanidine groups is 1. The van der Waals surface area contributed by atoms with Crippen molar-refractivity contribution in [3.05, 3.63) is 0 Å². The van der Waals surface area contributed by atoms with Crippen LogP contribution in [-0.4, -0.2) is 51.3 Å². The van der Waals surface area contributed by atoms with Crippen molar-refractivity contribution in [2.75, 3.05) is 33.4 Å². The number of nitrogens with one attached hydrogen (secondary N) is 3. The van der Waals surface area contributed by atoms with Gasteiger partial charge in [0.25, 0.3) is 0 Å². The molecule has 0 aromatic rings. The molecule has 0 aliphatic heterocycles. The van der Waals surface area contributed by atoms with E-state index >= 15 is 0 Å². The molecule has 0 aromatic carbocycles. The number of aliphatic imine (C=N–C) groups is 1. The normalized spacial score (nSPS) is 12.9. The number of methoxy groups -OCH3 is 1. The third kappa shape index (κ3) is 12.2. The van der Waals surface area contributed by atoms with Crippen LogP contribution in [0.5, 0.6) is 0 Å². The SMILES string of the molecule is CCCCCC(C)NC(=NCC(=O)NCCOC)NCC. The van der Waals surface area contributed by atoms with Gasteiger partial charge in [-0.25, -0.2) is 4.99 Å². The minimum Gasteiger partial charge on any atom is -0.383 e. The highest BCUT2D eigenvalue weighted by atomic mass is 16.5. The molecule has 0 rings (SSSR count). The van der Waals surface area contributed by atoms with Gasteiger partial charge < -0.3 is 20.7 Å². The lowest BCUT2D eigenvalue weighted by Gasteiger charge is -2.17. The maximum absolute atomic E-state index is 11.6. The molecule has 1 unspecified atom stereocenters. The third-order valence-corrected chi connectivity index (χ3v) is 2.98. The van der Waals surface area contributed by atoms with Gasteiger partial charge >= 0.3 is 0 Å². The lowest BCUT2D eigenvalue weighted by Crippen LogP contribution is -2.43. The van der Waals surface area contributed by atoms with Crippen LogP contribution in [0.15, 0.2) is 4.99 Å². The molecule has 3 N–H and O–H groups in total. The van der Waals surface area contributed by atoms with Crippen LogP contribution in [0.25, 0.3) is 0 Å². The molecule has 0 heterocycles. The summed E-state index contributed by atoms with van der Waals surface area (Å²) in [4.78, 5) is 15.9. The van der Waals surface area contributed by atoms with E-state index in [0.29, 0.717) is 25.2 Å². The molecule has 0 radical (unpaired) electrons. The van der Waals surface area contributed by atoms with Crippen molar-refractivity contribution >= 4 is 11.9 Å². The summed E-state index contributed by atoms with van der Waals surface area (Å²) in [5.74, 6) is 0.603. The summed E-state index contributed by atoms with van der Waals surface area (Å²) in [6.07, 6.45) is 4.80. The molecule has 0 spiro atoms. The van der Waals surface area contributed by atoms with Crippen molar-refractivity contribution in [2.45, 2.75) is 52.5 Å². The Kier molecular flexibility index (Phi) is 12.8. The average Bonchev–Trinajstić information content (AvgIpc) is 2.45. The number of hydrogen-bond donors (Lipinski definition) is 3. The Labute approximate surface area is 129 Å². The molecule has 0 aliphatic rings. The van der Waals surface area contributed by atoms with Crippen LogP contribution in [0.2, 0.25) is 0 Å². The summed E-state index contributed by atoms with van der Waals surface area (Å²) in [7, 11) is 1.61. The second-order valence-electron chi connectivity index (χ2n) is 5.08. The Hall–Kier alpha value is -1.30. The highest BCUT2D eigenvalue weighted by molar-refractivity contribution is 5.85. The molecule has 0 saturated carbocycles. The maximum atomic E-state index is 11.6. The first kappa shape index (κ1) is 19.7. The standard InChI is InChI=1S/C15H32N4O2/c1-5-7-8-9-13(3)19-15(16-6-2)18-12-14(20)17-10-11-21-4/h13H,5-12H2,1-4H3,(H,17,20)(H2,16,18,19). The topological polar surface area (TPSA) is 74.8 Å². The van der Waals surface area contributed by atoms with Crippen LogP contribution >= 0.6 is 0 Å². The van der Waals surface area contributed by atoms with Gasteiger partial charge in [-0.1, -0.05) is 26.2 Å². The summed E-state index contributed by atoms with van der Waals surface area (Å²) in [5.41, 5.74) is 0. The molecule has 6 nitrogen and oxygen atoms in total. The second-order valence-corrected chi connectivity index (χ2v) is 5.08. The van der Waals surface area contributed by atoms with Gasteiger partial charge in [0.2, 0.25) is 5.91 Å². The zero-order valence-corrected chi connectivity index (χ0v) is 14.0. The van der Waals surface area contributed by atoms with Crippen molar-refractivity contribution in [1.82, 2.24) is 16.0 Å². The highest BCUT2D eigenvalue weighted by Gasteiger charge is 2.06. The van der Waals surface area contributed by atoms with E-state index in [4.69, 9.17) is 4.74 Å². The van der Waals surface area contributed by atoms with E-state index in [1.165, 1.54) is 19.3 Å². The molecule has 1 atom stereocenters. The van der Waals surface area contributed by atoms with Crippen LogP contribution in [-0.2, 0) is 9.53 Å². The van der Waals surface area contributed by atoms with Crippen molar-refractivity contribution in [3.63, 3.8) is 0 Å². The van der Waals surface area contributed by atoms with Crippen molar-refractivity contribution < 1.29 is 9.53 Å². The molecule has 0 fully saturated rings. The number of carbonyl (C=O) groups is 1. The van der Waals surface area contributed by atoms with E-state index in [1.54, 1.807) is 7.11 Å². The monoisotopic (exact) mass is 300 g/mol.